The standard InChI is InChI=1S/C13H10ClN3O2S/c14-11-2-1-9(19-11)12(18)17-13-8(5-15)7-3-4-16-6-10(7)20-13/h1-2,16H,3-4,6H2,(H,17,18). The van der Waals surface area contributed by atoms with Crippen LogP contribution in [0.5, 0.6) is 0 Å². The lowest BCUT2D eigenvalue weighted by Crippen LogP contribution is -2.22. The van der Waals surface area contributed by atoms with E-state index in [-0.39, 0.29) is 11.0 Å². The first-order valence-electron chi connectivity index (χ1n) is 6.01. The topological polar surface area (TPSA) is 78.1 Å². The van der Waals surface area contributed by atoms with Crippen molar-refractivity contribution in [2.24, 2.45) is 0 Å². The normalized spacial score (nSPS) is 13.6. The van der Waals surface area contributed by atoms with E-state index >= 15 is 0 Å². The van der Waals surface area contributed by atoms with Crippen molar-refractivity contribution in [3.63, 3.8) is 0 Å². The summed E-state index contributed by atoms with van der Waals surface area (Å²) in [6.07, 6.45) is 0.803. The highest BCUT2D eigenvalue weighted by Gasteiger charge is 2.22. The molecular formula is C13H10ClN3O2S. The number of hydrogen-bond donors (Lipinski definition) is 2. The largest absolute Gasteiger partial charge is 0.440 e. The summed E-state index contributed by atoms with van der Waals surface area (Å²) in [4.78, 5) is 13.1. The molecule has 1 aliphatic rings. The SMILES string of the molecule is N#Cc1c(NC(=O)c2ccc(Cl)o2)sc2c1CCNC2. The number of anilines is 1. The summed E-state index contributed by atoms with van der Waals surface area (Å²) in [7, 11) is 0. The number of rotatable bonds is 2. The number of carbonyl (C=O) groups excluding carboxylic acids is 1. The molecule has 5 nitrogen and oxygen atoms in total. The number of carbonyl (C=O) groups is 1. The van der Waals surface area contributed by atoms with Crippen LogP contribution in [0.4, 0.5) is 5.00 Å². The molecule has 0 atom stereocenters. The van der Waals surface area contributed by atoms with Crippen LogP contribution in [0.2, 0.25) is 5.22 Å². The molecule has 3 rings (SSSR count). The van der Waals surface area contributed by atoms with Crippen LogP contribution in [0.1, 0.15) is 26.6 Å². The number of nitrogens with zero attached hydrogens (tertiary/aromatic N) is 1. The average molecular weight is 308 g/mol. The van der Waals surface area contributed by atoms with Gasteiger partial charge in [-0.15, -0.1) is 11.3 Å². The van der Waals surface area contributed by atoms with Gasteiger partial charge in [0.05, 0.1) is 5.56 Å². The van der Waals surface area contributed by atoms with Gasteiger partial charge in [-0.1, -0.05) is 0 Å². The van der Waals surface area contributed by atoms with Crippen molar-refractivity contribution in [3.05, 3.63) is 39.1 Å². The Bertz CT molecular complexity index is 714. The van der Waals surface area contributed by atoms with Crippen LogP contribution < -0.4 is 10.6 Å². The summed E-state index contributed by atoms with van der Waals surface area (Å²) in [5.74, 6) is -0.275. The first-order valence-corrected chi connectivity index (χ1v) is 7.20. The van der Waals surface area contributed by atoms with Crippen molar-refractivity contribution < 1.29 is 9.21 Å². The maximum Gasteiger partial charge on any atom is 0.292 e. The Balaban J connectivity index is 1.89. The predicted octanol–water partition coefficient (Wildman–Crippen LogP) is 2.76. The van der Waals surface area contributed by atoms with E-state index in [0.717, 1.165) is 30.0 Å². The molecule has 102 valence electrons. The lowest BCUT2D eigenvalue weighted by molar-refractivity contribution is 0.0997. The Kier molecular flexibility index (Phi) is 3.49. The fourth-order valence-corrected chi connectivity index (χ4v) is 3.45. The minimum atomic E-state index is -0.403. The third-order valence-electron chi connectivity index (χ3n) is 3.06. The molecule has 0 fully saturated rings. The van der Waals surface area contributed by atoms with Gasteiger partial charge in [-0.3, -0.25) is 4.79 Å². The van der Waals surface area contributed by atoms with Crippen molar-refractivity contribution in [1.82, 2.24) is 5.32 Å². The second-order valence-electron chi connectivity index (χ2n) is 4.30. The molecule has 0 saturated carbocycles. The molecule has 3 heterocycles. The van der Waals surface area contributed by atoms with E-state index in [1.165, 1.54) is 23.5 Å². The number of nitrogens with one attached hydrogen (secondary N) is 2. The fraction of sp³-hybridized carbons (Fsp3) is 0.231. The number of fused-ring (bicyclic) bond motifs is 1. The quantitative estimate of drug-likeness (QED) is 0.894. The van der Waals surface area contributed by atoms with Crippen molar-refractivity contribution in [2.75, 3.05) is 11.9 Å². The molecule has 7 heteroatoms. The highest BCUT2D eigenvalue weighted by atomic mass is 35.5. The summed E-state index contributed by atoms with van der Waals surface area (Å²) >= 11 is 7.07. The molecule has 0 aliphatic carbocycles. The monoisotopic (exact) mass is 307 g/mol. The Morgan fingerprint density at radius 2 is 2.40 bits per heavy atom. The van der Waals surface area contributed by atoms with Crippen molar-refractivity contribution in [1.29, 1.82) is 5.26 Å². The van der Waals surface area contributed by atoms with Gasteiger partial charge in [-0.2, -0.15) is 5.26 Å². The third-order valence-corrected chi connectivity index (χ3v) is 4.41. The molecule has 1 amide bonds. The Hall–Kier alpha value is -1.81. The summed E-state index contributed by atoms with van der Waals surface area (Å²) in [5, 5.41) is 16.0. The first kappa shape index (κ1) is 13.2. The van der Waals surface area contributed by atoms with E-state index in [1.807, 2.05) is 0 Å². The van der Waals surface area contributed by atoms with Crippen LogP contribution >= 0.6 is 22.9 Å². The van der Waals surface area contributed by atoms with Gasteiger partial charge in [-0.25, -0.2) is 0 Å². The van der Waals surface area contributed by atoms with E-state index in [4.69, 9.17) is 16.0 Å². The number of amides is 1. The van der Waals surface area contributed by atoms with Gasteiger partial charge in [0.2, 0.25) is 0 Å². The van der Waals surface area contributed by atoms with Crippen LogP contribution in [0.15, 0.2) is 16.5 Å². The van der Waals surface area contributed by atoms with Crippen LogP contribution in [0.25, 0.3) is 0 Å². The van der Waals surface area contributed by atoms with E-state index in [2.05, 4.69) is 16.7 Å². The summed E-state index contributed by atoms with van der Waals surface area (Å²) in [6.45, 7) is 1.58. The van der Waals surface area contributed by atoms with Gasteiger partial charge in [-0.05, 0) is 42.3 Å². The average Bonchev–Trinajstić information content (AvgIpc) is 3.01. The zero-order valence-electron chi connectivity index (χ0n) is 10.3. The molecule has 2 N–H and O–H groups in total. The van der Waals surface area contributed by atoms with Crippen molar-refractivity contribution in [3.8, 4) is 6.07 Å². The van der Waals surface area contributed by atoms with Crippen LogP contribution in [-0.4, -0.2) is 12.5 Å². The van der Waals surface area contributed by atoms with Crippen LogP contribution in [-0.2, 0) is 13.0 Å². The minimum Gasteiger partial charge on any atom is -0.440 e. The van der Waals surface area contributed by atoms with E-state index in [9.17, 15) is 10.1 Å². The van der Waals surface area contributed by atoms with Gasteiger partial charge in [0.15, 0.2) is 11.0 Å². The number of hydrogen-bond acceptors (Lipinski definition) is 5. The molecule has 0 bridgehead atoms. The van der Waals surface area contributed by atoms with Crippen molar-refractivity contribution >= 4 is 33.8 Å². The zero-order valence-corrected chi connectivity index (χ0v) is 11.9. The number of furan rings is 1. The van der Waals surface area contributed by atoms with Gasteiger partial charge in [0.25, 0.3) is 5.91 Å². The molecule has 2 aromatic heterocycles. The molecular weight excluding hydrogens is 298 g/mol. The van der Waals surface area contributed by atoms with Crippen LogP contribution in [0.3, 0.4) is 0 Å². The minimum absolute atomic E-state index is 0.128. The second-order valence-corrected chi connectivity index (χ2v) is 5.78. The number of nitriles is 1. The first-order chi connectivity index (χ1) is 9.69. The van der Waals surface area contributed by atoms with E-state index in [0.29, 0.717) is 10.6 Å². The zero-order chi connectivity index (χ0) is 14.1. The summed E-state index contributed by atoms with van der Waals surface area (Å²) < 4.78 is 5.06. The van der Waals surface area contributed by atoms with E-state index < -0.39 is 5.91 Å². The lowest BCUT2D eigenvalue weighted by atomic mass is 10.1. The number of thiophene rings is 1. The predicted molar refractivity (Wildman–Crippen MR) is 76.1 cm³/mol. The summed E-state index contributed by atoms with van der Waals surface area (Å²) in [5.41, 5.74) is 1.58. The molecule has 0 saturated heterocycles. The van der Waals surface area contributed by atoms with Gasteiger partial charge >= 0.3 is 0 Å². The van der Waals surface area contributed by atoms with E-state index in [1.54, 1.807) is 0 Å². The van der Waals surface area contributed by atoms with Crippen LogP contribution in [0, 0.1) is 11.3 Å². The molecule has 2 aromatic rings. The Morgan fingerprint density at radius 3 is 3.10 bits per heavy atom. The molecule has 0 aromatic carbocycles. The highest BCUT2D eigenvalue weighted by Crippen LogP contribution is 2.35. The molecule has 0 unspecified atom stereocenters. The maximum absolute atomic E-state index is 12.0. The molecule has 1 aliphatic heterocycles. The lowest BCUT2D eigenvalue weighted by Gasteiger charge is -2.11. The second kappa shape index (κ2) is 5.29. The maximum atomic E-state index is 12.0. The molecule has 0 radical (unpaired) electrons. The summed E-state index contributed by atoms with van der Waals surface area (Å²) in [6, 6.07) is 5.18. The Morgan fingerprint density at radius 1 is 1.55 bits per heavy atom. The number of halogens is 1. The molecule has 20 heavy (non-hydrogen) atoms. The van der Waals surface area contributed by atoms with Gasteiger partial charge in [0, 0.05) is 11.4 Å². The van der Waals surface area contributed by atoms with Gasteiger partial charge in [0.1, 0.15) is 11.1 Å². The smallest absolute Gasteiger partial charge is 0.292 e. The van der Waals surface area contributed by atoms with Crippen molar-refractivity contribution in [2.45, 2.75) is 13.0 Å². The van der Waals surface area contributed by atoms with Gasteiger partial charge < -0.3 is 15.1 Å². The molecule has 0 spiro atoms. The highest BCUT2D eigenvalue weighted by molar-refractivity contribution is 7.16. The third kappa shape index (κ3) is 2.31. The fourth-order valence-electron chi connectivity index (χ4n) is 2.14. The Labute approximate surface area is 124 Å².